The molecule has 60 valence electrons. The van der Waals surface area contributed by atoms with Gasteiger partial charge in [-0.25, -0.2) is 0 Å². The van der Waals surface area contributed by atoms with Crippen LogP contribution in [-0.4, -0.2) is 34.9 Å². The van der Waals surface area contributed by atoms with Gasteiger partial charge in [0.2, 0.25) is 0 Å². The number of carbonyl (C=O) groups is 1. The van der Waals surface area contributed by atoms with Gasteiger partial charge in [-0.1, -0.05) is 12.2 Å². The molecule has 0 radical (unpaired) electrons. The summed E-state index contributed by atoms with van der Waals surface area (Å²) in [5.41, 5.74) is 1.17. The summed E-state index contributed by atoms with van der Waals surface area (Å²) >= 11 is 0. The quantitative estimate of drug-likeness (QED) is 0.549. The van der Waals surface area contributed by atoms with E-state index in [4.69, 9.17) is 0 Å². The minimum atomic E-state index is -0.0787. The largest absolute Gasteiger partial charge is 2.00 e. The number of carbonyl (C=O) groups excluding carboxylic acids is 1. The summed E-state index contributed by atoms with van der Waals surface area (Å²) in [7, 11) is 0. The number of nitrogens with one attached hydrogen (secondary N) is 1. The van der Waals surface area contributed by atoms with E-state index in [1.807, 2.05) is 24.4 Å². The summed E-state index contributed by atoms with van der Waals surface area (Å²) in [6, 6.07) is -0.0787. The number of allylic oxidation sites excluding steroid dienone is 3. The van der Waals surface area contributed by atoms with Crippen molar-refractivity contribution in [2.24, 2.45) is 0 Å². The van der Waals surface area contributed by atoms with Crippen molar-refractivity contribution >= 4 is 28.8 Å². The van der Waals surface area contributed by atoms with Crippen LogP contribution in [0.2, 0.25) is 0 Å². The van der Waals surface area contributed by atoms with Gasteiger partial charge in [-0.3, -0.25) is 4.79 Å². The molecule has 0 spiro atoms. The van der Waals surface area contributed by atoms with E-state index in [-0.39, 0.29) is 37.7 Å². The molecule has 2 nitrogen and oxygen atoms in total. The van der Waals surface area contributed by atoms with E-state index < -0.39 is 0 Å². The number of hydrogen-bond donors (Lipinski definition) is 1. The molecule has 12 heavy (non-hydrogen) atoms. The van der Waals surface area contributed by atoms with Crippen LogP contribution in [0.4, 0.5) is 0 Å². The minimum absolute atomic E-state index is 0. The topological polar surface area (TPSA) is 29.1 Å². The molecule has 0 amide bonds. The average molecular weight is 173 g/mol. The van der Waals surface area contributed by atoms with Gasteiger partial charge in [-0.05, 0) is 30.3 Å². The fraction of sp³-hybridized carbons (Fsp3) is 0.222. The minimum Gasteiger partial charge on any atom is -1.00 e. The van der Waals surface area contributed by atoms with Gasteiger partial charge in [0.25, 0.3) is 0 Å². The first kappa shape index (κ1) is 9.54. The van der Waals surface area contributed by atoms with Crippen molar-refractivity contribution in [1.29, 1.82) is 0 Å². The zero-order valence-corrected chi connectivity index (χ0v) is 8.20. The summed E-state index contributed by atoms with van der Waals surface area (Å²) in [6.45, 7) is 0. The number of hydrogen-bond acceptors (Lipinski definition) is 2. The van der Waals surface area contributed by atoms with Gasteiger partial charge in [-0.15, -0.1) is 0 Å². The smallest absolute Gasteiger partial charge is 1.00 e. The Bertz CT molecular complexity index is 287. The SMILES string of the molecule is O=C1C=CCC2=CC=CNC12.[H-].[H-].[Mg+2]. The zero-order valence-electron chi connectivity index (χ0n) is 8.79. The summed E-state index contributed by atoms with van der Waals surface area (Å²) in [5, 5.41) is 3.02. The van der Waals surface area contributed by atoms with Crippen molar-refractivity contribution in [3.05, 3.63) is 36.1 Å². The molecule has 2 aliphatic rings. The standard InChI is InChI=1S/C9H9NO.Mg.2H/c11-8-5-1-3-7-4-2-6-10-9(7)8;;;/h1-2,4-6,9-10H,3H2;;;/q;+2;2*-1. The van der Waals surface area contributed by atoms with Gasteiger partial charge in [0.05, 0.1) is 0 Å². The van der Waals surface area contributed by atoms with E-state index in [0.29, 0.717) is 0 Å². The molecule has 0 aromatic carbocycles. The Morgan fingerprint density at radius 3 is 3.17 bits per heavy atom. The van der Waals surface area contributed by atoms with Crippen molar-refractivity contribution < 1.29 is 7.65 Å². The van der Waals surface area contributed by atoms with Crippen LogP contribution in [0.1, 0.15) is 9.27 Å². The Hall–Kier alpha value is -0.544. The van der Waals surface area contributed by atoms with Crippen molar-refractivity contribution in [1.82, 2.24) is 5.32 Å². The second-order valence-electron chi connectivity index (χ2n) is 2.71. The van der Waals surface area contributed by atoms with Crippen molar-refractivity contribution in [2.75, 3.05) is 0 Å². The summed E-state index contributed by atoms with van der Waals surface area (Å²) in [5.74, 6) is 0.159. The van der Waals surface area contributed by atoms with Crippen molar-refractivity contribution in [2.45, 2.75) is 12.5 Å². The van der Waals surface area contributed by atoms with E-state index in [0.717, 1.165) is 6.42 Å². The molecule has 1 heterocycles. The maximum absolute atomic E-state index is 11.2. The van der Waals surface area contributed by atoms with Gasteiger partial charge in [0.1, 0.15) is 6.04 Å². The molecular weight excluding hydrogens is 162 g/mol. The molecule has 0 aromatic heterocycles. The maximum atomic E-state index is 11.2. The molecule has 0 saturated carbocycles. The van der Waals surface area contributed by atoms with Crippen LogP contribution in [0, 0.1) is 0 Å². The zero-order chi connectivity index (χ0) is 7.68. The molecule has 1 N–H and O–H groups in total. The maximum Gasteiger partial charge on any atom is 2.00 e. The number of ketones is 1. The molecule has 1 aliphatic carbocycles. The van der Waals surface area contributed by atoms with Crippen molar-refractivity contribution in [3.8, 4) is 0 Å². The van der Waals surface area contributed by atoms with E-state index in [2.05, 4.69) is 5.32 Å². The molecule has 0 aromatic rings. The van der Waals surface area contributed by atoms with Gasteiger partial charge >= 0.3 is 23.1 Å². The predicted molar refractivity (Wildman–Crippen MR) is 50.9 cm³/mol. The molecule has 1 unspecified atom stereocenters. The summed E-state index contributed by atoms with van der Waals surface area (Å²) < 4.78 is 0. The molecule has 3 heteroatoms. The van der Waals surface area contributed by atoms with Gasteiger partial charge in [-0.2, -0.15) is 0 Å². The Morgan fingerprint density at radius 2 is 2.42 bits per heavy atom. The molecule has 0 bridgehead atoms. The first-order valence-electron chi connectivity index (χ1n) is 3.70. The monoisotopic (exact) mass is 173 g/mol. The Kier molecular flexibility index (Phi) is 3.11. The fourth-order valence-electron chi connectivity index (χ4n) is 1.38. The Labute approximate surface area is 90.5 Å². The van der Waals surface area contributed by atoms with Crippen LogP contribution in [0.5, 0.6) is 0 Å². The Balaban J connectivity index is 0. The van der Waals surface area contributed by atoms with E-state index >= 15 is 0 Å². The van der Waals surface area contributed by atoms with Crippen LogP contribution in [0.3, 0.4) is 0 Å². The predicted octanol–water partition coefficient (Wildman–Crippen LogP) is 0.771. The summed E-state index contributed by atoms with van der Waals surface area (Å²) in [4.78, 5) is 11.2. The normalized spacial score (nSPS) is 25.2. The third-order valence-electron chi connectivity index (χ3n) is 1.96. The fourth-order valence-corrected chi connectivity index (χ4v) is 1.38. The van der Waals surface area contributed by atoms with Gasteiger partial charge in [0, 0.05) is 0 Å². The second kappa shape index (κ2) is 3.91. The molecular formula is C9H11MgNO. The van der Waals surface area contributed by atoms with E-state index in [1.54, 1.807) is 6.08 Å². The van der Waals surface area contributed by atoms with Crippen LogP contribution in [-0.2, 0) is 4.79 Å². The van der Waals surface area contributed by atoms with Gasteiger partial charge in [0.15, 0.2) is 5.78 Å². The first-order valence-corrected chi connectivity index (χ1v) is 3.70. The van der Waals surface area contributed by atoms with E-state index in [9.17, 15) is 4.79 Å². The average Bonchev–Trinajstić information content (AvgIpc) is 2.06. The number of rotatable bonds is 0. The third-order valence-corrected chi connectivity index (χ3v) is 1.96. The second-order valence-corrected chi connectivity index (χ2v) is 2.71. The first-order chi connectivity index (χ1) is 5.38. The van der Waals surface area contributed by atoms with Crippen LogP contribution in [0.15, 0.2) is 36.1 Å². The van der Waals surface area contributed by atoms with Crippen LogP contribution < -0.4 is 5.32 Å². The van der Waals surface area contributed by atoms with Crippen LogP contribution in [0.25, 0.3) is 0 Å². The van der Waals surface area contributed by atoms with Crippen LogP contribution >= 0.6 is 0 Å². The number of fused-ring (bicyclic) bond motifs is 1. The molecule has 1 aliphatic heterocycles. The molecule has 2 rings (SSSR count). The van der Waals surface area contributed by atoms with Crippen molar-refractivity contribution in [3.63, 3.8) is 0 Å². The number of dihydropyridines is 1. The molecule has 1 atom stereocenters. The van der Waals surface area contributed by atoms with E-state index in [1.165, 1.54) is 5.57 Å². The molecule has 0 saturated heterocycles. The Morgan fingerprint density at radius 1 is 1.58 bits per heavy atom. The van der Waals surface area contributed by atoms with Gasteiger partial charge < -0.3 is 8.17 Å². The third kappa shape index (κ3) is 1.62. The summed E-state index contributed by atoms with van der Waals surface area (Å²) in [6.07, 6.45) is 10.2. The molecule has 0 fully saturated rings.